The summed E-state index contributed by atoms with van der Waals surface area (Å²) in [7, 11) is 0. The van der Waals surface area contributed by atoms with E-state index in [0.717, 1.165) is 25.7 Å². The van der Waals surface area contributed by atoms with E-state index in [0.29, 0.717) is 18.8 Å². The van der Waals surface area contributed by atoms with Crippen LogP contribution in [0.4, 0.5) is 0 Å². The van der Waals surface area contributed by atoms with Crippen molar-refractivity contribution in [1.29, 1.82) is 0 Å². The highest BCUT2D eigenvalue weighted by molar-refractivity contribution is 5.83. The third kappa shape index (κ3) is 4.81. The smallest absolute Gasteiger partial charge is 0.326 e. The molecule has 0 aromatic heterocycles. The quantitative estimate of drug-likeness (QED) is 0.674. The maximum Gasteiger partial charge on any atom is 0.326 e. The number of aliphatic carboxylic acids is 1. The number of carboxylic acids is 1. The van der Waals surface area contributed by atoms with E-state index in [-0.39, 0.29) is 5.91 Å². The van der Waals surface area contributed by atoms with Crippen molar-refractivity contribution in [3.8, 4) is 0 Å². The van der Waals surface area contributed by atoms with E-state index >= 15 is 0 Å². The Balaban J connectivity index is 2.28. The number of nitrogens with one attached hydrogen (secondary N) is 1. The molecule has 1 amide bonds. The van der Waals surface area contributed by atoms with Crippen LogP contribution in [0.5, 0.6) is 0 Å². The molecule has 1 atom stereocenters. The summed E-state index contributed by atoms with van der Waals surface area (Å²) in [4.78, 5) is 22.2. The van der Waals surface area contributed by atoms with Crippen LogP contribution in [0.3, 0.4) is 0 Å². The molecule has 1 aliphatic rings. The molecule has 86 valence electrons. The average molecular weight is 213 g/mol. The topological polar surface area (TPSA) is 66.4 Å². The number of carboxylic acid groups (broad SMARTS) is 1. The zero-order valence-electron chi connectivity index (χ0n) is 9.16. The van der Waals surface area contributed by atoms with Gasteiger partial charge in [-0.3, -0.25) is 4.79 Å². The van der Waals surface area contributed by atoms with Gasteiger partial charge >= 0.3 is 5.97 Å². The van der Waals surface area contributed by atoms with Crippen molar-refractivity contribution in [1.82, 2.24) is 5.32 Å². The monoisotopic (exact) mass is 213 g/mol. The molecule has 0 aromatic rings. The molecule has 1 rings (SSSR count). The van der Waals surface area contributed by atoms with E-state index < -0.39 is 12.0 Å². The summed E-state index contributed by atoms with van der Waals surface area (Å²) >= 11 is 0. The van der Waals surface area contributed by atoms with Gasteiger partial charge in [0.05, 0.1) is 0 Å². The lowest BCUT2D eigenvalue weighted by atomic mass is 10.1. The Kier molecular flexibility index (Phi) is 4.59. The van der Waals surface area contributed by atoms with Crippen molar-refractivity contribution in [3.63, 3.8) is 0 Å². The van der Waals surface area contributed by atoms with E-state index in [4.69, 9.17) is 5.11 Å². The number of carbonyl (C=O) groups is 2. The van der Waals surface area contributed by atoms with Crippen LogP contribution >= 0.6 is 0 Å². The Labute approximate surface area is 90.0 Å². The van der Waals surface area contributed by atoms with E-state index in [1.54, 1.807) is 0 Å². The molecule has 1 aliphatic carbocycles. The molecular formula is C11H19NO3. The fraction of sp³-hybridized carbons (Fsp3) is 0.818. The molecular weight excluding hydrogens is 194 g/mol. The molecule has 0 spiro atoms. The standard InChI is InChI=1S/C11H19NO3/c1-2-3-4-10(13)12-9(11(14)15)7-8-5-6-8/h8-9H,2-7H2,1H3,(H,12,13)(H,14,15). The third-order valence-electron chi connectivity index (χ3n) is 2.66. The normalized spacial score (nSPS) is 17.1. The minimum absolute atomic E-state index is 0.134. The molecule has 0 saturated heterocycles. The van der Waals surface area contributed by atoms with E-state index in [1.165, 1.54) is 0 Å². The Hall–Kier alpha value is -1.06. The van der Waals surface area contributed by atoms with Gasteiger partial charge in [-0.1, -0.05) is 26.2 Å². The summed E-state index contributed by atoms with van der Waals surface area (Å²) in [5, 5.41) is 11.5. The van der Waals surface area contributed by atoms with Crippen LogP contribution in [0, 0.1) is 5.92 Å². The molecule has 4 heteroatoms. The molecule has 1 unspecified atom stereocenters. The van der Waals surface area contributed by atoms with Gasteiger partial charge in [0.15, 0.2) is 0 Å². The lowest BCUT2D eigenvalue weighted by molar-refractivity contribution is -0.142. The van der Waals surface area contributed by atoms with Gasteiger partial charge in [0.25, 0.3) is 0 Å². The molecule has 0 heterocycles. The molecule has 15 heavy (non-hydrogen) atoms. The zero-order chi connectivity index (χ0) is 11.3. The second-order valence-electron chi connectivity index (χ2n) is 4.24. The minimum Gasteiger partial charge on any atom is -0.480 e. The summed E-state index contributed by atoms with van der Waals surface area (Å²) in [5.41, 5.74) is 0. The Morgan fingerprint density at radius 3 is 2.60 bits per heavy atom. The third-order valence-corrected chi connectivity index (χ3v) is 2.66. The largest absolute Gasteiger partial charge is 0.480 e. The summed E-state index contributed by atoms with van der Waals surface area (Å²) in [6.07, 6.45) is 5.01. The van der Waals surface area contributed by atoms with E-state index in [9.17, 15) is 9.59 Å². The van der Waals surface area contributed by atoms with Gasteiger partial charge in [0, 0.05) is 6.42 Å². The molecule has 0 radical (unpaired) electrons. The highest BCUT2D eigenvalue weighted by Gasteiger charge is 2.29. The molecule has 0 aliphatic heterocycles. The first kappa shape index (κ1) is 12.0. The van der Waals surface area contributed by atoms with E-state index in [1.807, 2.05) is 6.92 Å². The van der Waals surface area contributed by atoms with Gasteiger partial charge in [-0.25, -0.2) is 4.79 Å². The maximum absolute atomic E-state index is 11.3. The predicted molar refractivity (Wildman–Crippen MR) is 56.4 cm³/mol. The second-order valence-corrected chi connectivity index (χ2v) is 4.24. The lowest BCUT2D eigenvalue weighted by Crippen LogP contribution is -2.41. The number of hydrogen-bond donors (Lipinski definition) is 2. The number of hydrogen-bond acceptors (Lipinski definition) is 2. The number of unbranched alkanes of at least 4 members (excludes halogenated alkanes) is 1. The first-order valence-corrected chi connectivity index (χ1v) is 5.65. The molecule has 1 fully saturated rings. The summed E-state index contributed by atoms with van der Waals surface area (Å²) < 4.78 is 0. The zero-order valence-corrected chi connectivity index (χ0v) is 9.16. The van der Waals surface area contributed by atoms with Crippen LogP contribution in [-0.2, 0) is 9.59 Å². The SMILES string of the molecule is CCCCC(=O)NC(CC1CC1)C(=O)O. The Morgan fingerprint density at radius 2 is 2.13 bits per heavy atom. The summed E-state index contributed by atoms with van der Waals surface area (Å²) in [6, 6.07) is -0.679. The second kappa shape index (κ2) is 5.73. The summed E-state index contributed by atoms with van der Waals surface area (Å²) in [6.45, 7) is 2.01. The Morgan fingerprint density at radius 1 is 1.47 bits per heavy atom. The van der Waals surface area contributed by atoms with Crippen LogP contribution in [0.15, 0.2) is 0 Å². The number of amides is 1. The minimum atomic E-state index is -0.910. The molecule has 2 N–H and O–H groups in total. The van der Waals surface area contributed by atoms with Crippen LogP contribution < -0.4 is 5.32 Å². The molecule has 1 saturated carbocycles. The fourth-order valence-corrected chi connectivity index (χ4v) is 1.51. The van der Waals surface area contributed by atoms with Crippen molar-refractivity contribution in [2.45, 2.75) is 51.5 Å². The van der Waals surface area contributed by atoms with Gasteiger partial charge in [-0.05, 0) is 18.8 Å². The Bertz CT molecular complexity index is 236. The maximum atomic E-state index is 11.3. The molecule has 0 bridgehead atoms. The van der Waals surface area contributed by atoms with Crippen LogP contribution in [0.25, 0.3) is 0 Å². The van der Waals surface area contributed by atoms with Crippen LogP contribution in [0.2, 0.25) is 0 Å². The fourth-order valence-electron chi connectivity index (χ4n) is 1.51. The number of carbonyl (C=O) groups excluding carboxylic acids is 1. The van der Waals surface area contributed by atoms with Crippen molar-refractivity contribution >= 4 is 11.9 Å². The highest BCUT2D eigenvalue weighted by atomic mass is 16.4. The van der Waals surface area contributed by atoms with Crippen molar-refractivity contribution in [3.05, 3.63) is 0 Å². The van der Waals surface area contributed by atoms with Crippen molar-refractivity contribution in [2.75, 3.05) is 0 Å². The first-order chi connectivity index (χ1) is 7.13. The van der Waals surface area contributed by atoms with Gasteiger partial charge in [0.1, 0.15) is 6.04 Å². The van der Waals surface area contributed by atoms with Gasteiger partial charge in [-0.15, -0.1) is 0 Å². The van der Waals surface area contributed by atoms with Gasteiger partial charge < -0.3 is 10.4 Å². The number of rotatable bonds is 7. The molecule has 0 aromatic carbocycles. The van der Waals surface area contributed by atoms with Crippen LogP contribution in [-0.4, -0.2) is 23.0 Å². The first-order valence-electron chi connectivity index (χ1n) is 5.65. The highest BCUT2D eigenvalue weighted by Crippen LogP contribution is 2.33. The van der Waals surface area contributed by atoms with Crippen LogP contribution in [0.1, 0.15) is 45.4 Å². The van der Waals surface area contributed by atoms with Gasteiger partial charge in [0.2, 0.25) is 5.91 Å². The molecule has 4 nitrogen and oxygen atoms in total. The van der Waals surface area contributed by atoms with Crippen molar-refractivity contribution < 1.29 is 14.7 Å². The van der Waals surface area contributed by atoms with Gasteiger partial charge in [-0.2, -0.15) is 0 Å². The average Bonchev–Trinajstić information content (AvgIpc) is 2.97. The lowest BCUT2D eigenvalue weighted by Gasteiger charge is -2.13. The summed E-state index contributed by atoms with van der Waals surface area (Å²) in [5.74, 6) is -0.533. The van der Waals surface area contributed by atoms with E-state index in [2.05, 4.69) is 5.32 Å². The predicted octanol–water partition coefficient (Wildman–Crippen LogP) is 1.55. The van der Waals surface area contributed by atoms with Crippen molar-refractivity contribution in [2.24, 2.45) is 5.92 Å².